The van der Waals surface area contributed by atoms with E-state index in [1.165, 1.54) is 12.1 Å². The molecule has 0 atom stereocenters. The molecule has 1 fully saturated rings. The molecule has 60 valence electrons. The predicted molar refractivity (Wildman–Crippen MR) is 41.6 cm³/mol. The highest BCUT2D eigenvalue weighted by atomic mass is 15.5. The Kier molecular flexibility index (Phi) is 1.87. The molecule has 2 N–H and O–H groups in total. The third-order valence-electron chi connectivity index (χ3n) is 1.86. The second kappa shape index (κ2) is 3.02. The van der Waals surface area contributed by atoms with E-state index < -0.39 is 0 Å². The van der Waals surface area contributed by atoms with Crippen molar-refractivity contribution in [2.75, 3.05) is 13.1 Å². The van der Waals surface area contributed by atoms with Gasteiger partial charge in [0.1, 0.15) is 0 Å². The Morgan fingerprint density at radius 2 is 2.64 bits per heavy atom. The average molecular weight is 152 g/mol. The van der Waals surface area contributed by atoms with Crippen LogP contribution in [-0.2, 0) is 6.54 Å². The van der Waals surface area contributed by atoms with Crippen LogP contribution in [0, 0.1) is 0 Å². The normalized spacial score (nSPS) is 19.3. The molecule has 2 heterocycles. The molecule has 11 heavy (non-hydrogen) atoms. The van der Waals surface area contributed by atoms with E-state index in [4.69, 9.17) is 0 Å². The summed E-state index contributed by atoms with van der Waals surface area (Å²) in [7, 11) is 0. The Hall–Kier alpha value is -0.870. The third kappa shape index (κ3) is 1.58. The van der Waals surface area contributed by atoms with E-state index in [0.29, 0.717) is 0 Å². The minimum Gasteiger partial charge on any atom is -0.347 e. The Balaban J connectivity index is 1.90. The van der Waals surface area contributed by atoms with Crippen LogP contribution in [0.5, 0.6) is 0 Å². The van der Waals surface area contributed by atoms with Gasteiger partial charge in [0.15, 0.2) is 0 Å². The molecule has 2 rings (SSSR count). The minimum atomic E-state index is 0.931. The summed E-state index contributed by atoms with van der Waals surface area (Å²) in [5.41, 5.74) is 4.45. The first kappa shape index (κ1) is 6.82. The molecule has 0 unspecified atom stereocenters. The molecule has 1 saturated heterocycles. The average Bonchev–Trinajstić information content (AvgIpc) is 2.60. The van der Waals surface area contributed by atoms with Gasteiger partial charge in [0, 0.05) is 19.3 Å². The van der Waals surface area contributed by atoms with Crippen LogP contribution in [0.1, 0.15) is 12.1 Å². The van der Waals surface area contributed by atoms with Gasteiger partial charge in [-0.25, -0.2) is 9.99 Å². The monoisotopic (exact) mass is 152 g/mol. The highest BCUT2D eigenvalue weighted by Gasteiger charge is 2.10. The third-order valence-corrected chi connectivity index (χ3v) is 1.86. The first-order valence-electron chi connectivity index (χ1n) is 3.91. The standard InChI is InChI=1S/C7H12N4/c1-2-10-11(3-1)5-7-4-8-6-9-7/h4,6,10H,1-3,5H2,(H,8,9). The zero-order valence-corrected chi connectivity index (χ0v) is 6.38. The highest BCUT2D eigenvalue weighted by Crippen LogP contribution is 2.01. The number of hydrogen-bond acceptors (Lipinski definition) is 3. The van der Waals surface area contributed by atoms with Gasteiger partial charge in [0.2, 0.25) is 0 Å². The molecular weight excluding hydrogens is 140 g/mol. The number of hydrogen-bond donors (Lipinski definition) is 2. The summed E-state index contributed by atoms with van der Waals surface area (Å²) in [6.45, 7) is 3.17. The van der Waals surface area contributed by atoms with Crippen LogP contribution < -0.4 is 5.43 Å². The van der Waals surface area contributed by atoms with Crippen molar-refractivity contribution in [3.8, 4) is 0 Å². The highest BCUT2D eigenvalue weighted by molar-refractivity contribution is 4.93. The summed E-state index contributed by atoms with van der Waals surface area (Å²) in [6.07, 6.45) is 4.82. The summed E-state index contributed by atoms with van der Waals surface area (Å²) in [4.78, 5) is 7.03. The van der Waals surface area contributed by atoms with Gasteiger partial charge in [-0.2, -0.15) is 0 Å². The SMILES string of the molecule is c1ncc(CN2CCCN2)[nH]1. The molecule has 1 aromatic heterocycles. The Bertz CT molecular complexity index is 200. The van der Waals surface area contributed by atoms with Crippen molar-refractivity contribution in [2.45, 2.75) is 13.0 Å². The van der Waals surface area contributed by atoms with Crippen LogP contribution in [0.15, 0.2) is 12.5 Å². The fourth-order valence-electron chi connectivity index (χ4n) is 1.30. The van der Waals surface area contributed by atoms with Gasteiger partial charge in [0.25, 0.3) is 0 Å². The topological polar surface area (TPSA) is 44.0 Å². The second-order valence-corrected chi connectivity index (χ2v) is 2.76. The van der Waals surface area contributed by atoms with E-state index >= 15 is 0 Å². The summed E-state index contributed by atoms with van der Waals surface area (Å²) in [6, 6.07) is 0. The number of rotatable bonds is 2. The van der Waals surface area contributed by atoms with Crippen LogP contribution in [0.2, 0.25) is 0 Å². The van der Waals surface area contributed by atoms with E-state index in [0.717, 1.165) is 19.6 Å². The number of aromatic nitrogens is 2. The van der Waals surface area contributed by atoms with Crippen molar-refractivity contribution in [1.29, 1.82) is 0 Å². The zero-order chi connectivity index (χ0) is 7.52. The maximum absolute atomic E-state index is 3.95. The van der Waals surface area contributed by atoms with Crippen molar-refractivity contribution in [1.82, 2.24) is 20.4 Å². The Morgan fingerprint density at radius 3 is 3.27 bits per heavy atom. The lowest BCUT2D eigenvalue weighted by molar-refractivity contribution is 0.242. The molecule has 0 aliphatic carbocycles. The second-order valence-electron chi connectivity index (χ2n) is 2.76. The summed E-state index contributed by atoms with van der Waals surface area (Å²) in [5.74, 6) is 0. The van der Waals surface area contributed by atoms with E-state index in [-0.39, 0.29) is 0 Å². The first-order chi connectivity index (χ1) is 5.45. The van der Waals surface area contributed by atoms with Gasteiger partial charge in [0.05, 0.1) is 18.6 Å². The first-order valence-corrected chi connectivity index (χ1v) is 3.91. The number of aromatic amines is 1. The predicted octanol–water partition coefficient (Wildman–Crippen LogP) is 0.120. The molecule has 1 aliphatic rings. The lowest BCUT2D eigenvalue weighted by Gasteiger charge is -2.12. The quantitative estimate of drug-likeness (QED) is 0.632. The zero-order valence-electron chi connectivity index (χ0n) is 6.38. The van der Waals surface area contributed by atoms with Gasteiger partial charge < -0.3 is 4.98 Å². The number of nitrogens with zero attached hydrogens (tertiary/aromatic N) is 2. The summed E-state index contributed by atoms with van der Waals surface area (Å²) in [5, 5.41) is 2.20. The molecule has 4 nitrogen and oxygen atoms in total. The van der Waals surface area contributed by atoms with E-state index in [1.807, 2.05) is 6.20 Å². The molecule has 0 saturated carbocycles. The summed E-state index contributed by atoms with van der Waals surface area (Å²) >= 11 is 0. The Labute approximate surface area is 65.6 Å². The van der Waals surface area contributed by atoms with Crippen molar-refractivity contribution < 1.29 is 0 Å². The molecule has 0 radical (unpaired) electrons. The van der Waals surface area contributed by atoms with Gasteiger partial charge >= 0.3 is 0 Å². The van der Waals surface area contributed by atoms with Crippen LogP contribution >= 0.6 is 0 Å². The van der Waals surface area contributed by atoms with E-state index in [2.05, 4.69) is 20.4 Å². The molecule has 0 aromatic carbocycles. The molecule has 1 aliphatic heterocycles. The maximum atomic E-state index is 3.95. The minimum absolute atomic E-state index is 0.931. The maximum Gasteiger partial charge on any atom is 0.0922 e. The van der Waals surface area contributed by atoms with Crippen molar-refractivity contribution >= 4 is 0 Å². The van der Waals surface area contributed by atoms with Crippen LogP contribution in [0.25, 0.3) is 0 Å². The smallest absolute Gasteiger partial charge is 0.0922 e. The molecular formula is C7H12N4. The molecule has 0 bridgehead atoms. The number of hydrazine groups is 1. The van der Waals surface area contributed by atoms with Gasteiger partial charge in [-0.05, 0) is 6.42 Å². The van der Waals surface area contributed by atoms with Crippen molar-refractivity contribution in [3.63, 3.8) is 0 Å². The van der Waals surface area contributed by atoms with Gasteiger partial charge in [-0.3, -0.25) is 5.43 Å². The summed E-state index contributed by atoms with van der Waals surface area (Å²) < 4.78 is 0. The van der Waals surface area contributed by atoms with Crippen LogP contribution in [0.4, 0.5) is 0 Å². The molecule has 0 amide bonds. The number of imidazole rings is 1. The van der Waals surface area contributed by atoms with Crippen molar-refractivity contribution in [3.05, 3.63) is 18.2 Å². The lowest BCUT2D eigenvalue weighted by Crippen LogP contribution is -2.30. The van der Waals surface area contributed by atoms with Crippen molar-refractivity contribution in [2.24, 2.45) is 0 Å². The number of nitrogens with one attached hydrogen (secondary N) is 2. The van der Waals surface area contributed by atoms with Gasteiger partial charge in [-0.15, -0.1) is 0 Å². The Morgan fingerprint density at radius 1 is 1.64 bits per heavy atom. The fourth-order valence-corrected chi connectivity index (χ4v) is 1.30. The fraction of sp³-hybridized carbons (Fsp3) is 0.571. The molecule has 0 spiro atoms. The van der Waals surface area contributed by atoms with Crippen LogP contribution in [-0.4, -0.2) is 28.1 Å². The largest absolute Gasteiger partial charge is 0.347 e. The molecule has 1 aromatic rings. The van der Waals surface area contributed by atoms with Crippen LogP contribution in [0.3, 0.4) is 0 Å². The van der Waals surface area contributed by atoms with E-state index in [1.54, 1.807) is 6.33 Å². The van der Waals surface area contributed by atoms with E-state index in [9.17, 15) is 0 Å². The lowest BCUT2D eigenvalue weighted by atomic mass is 10.4. The molecule has 4 heteroatoms. The number of H-pyrrole nitrogens is 1. The van der Waals surface area contributed by atoms with Gasteiger partial charge in [-0.1, -0.05) is 0 Å².